The Morgan fingerprint density at radius 2 is 1.94 bits per heavy atom. The Bertz CT molecular complexity index is 1270. The van der Waals surface area contributed by atoms with E-state index in [0.717, 1.165) is 48.2 Å². The van der Waals surface area contributed by atoms with Gasteiger partial charge in [0.2, 0.25) is 5.91 Å². The van der Waals surface area contributed by atoms with Gasteiger partial charge < -0.3 is 15.2 Å². The first kappa shape index (κ1) is 25.1. The monoisotopic (exact) mass is 525 g/mol. The van der Waals surface area contributed by atoms with Crippen molar-refractivity contribution in [1.82, 2.24) is 5.32 Å². The third-order valence-corrected chi connectivity index (χ3v) is 8.43. The quantitative estimate of drug-likeness (QED) is 0.518. The van der Waals surface area contributed by atoms with Crippen molar-refractivity contribution < 1.29 is 32.2 Å². The number of nitrogens with one attached hydrogen (secondary N) is 2. The van der Waals surface area contributed by atoms with Crippen molar-refractivity contribution in [2.24, 2.45) is 5.41 Å². The highest BCUT2D eigenvalue weighted by atomic mass is 35.5. The number of carbonyl (C=O) groups excluding carboxylic acids is 1. The molecule has 1 aliphatic carbocycles. The summed E-state index contributed by atoms with van der Waals surface area (Å²) < 4.78 is 47.8. The second-order valence-electron chi connectivity index (χ2n) is 8.94. The normalized spacial score (nSPS) is 18.9. The Labute approximate surface area is 207 Å². The van der Waals surface area contributed by atoms with Crippen LogP contribution in [0.1, 0.15) is 32.6 Å². The second-order valence-corrected chi connectivity index (χ2v) is 11.2. The van der Waals surface area contributed by atoms with Crippen molar-refractivity contribution in [3.05, 3.63) is 47.2 Å². The first-order chi connectivity index (χ1) is 16.5. The van der Waals surface area contributed by atoms with Gasteiger partial charge in [0.15, 0.2) is 0 Å². The van der Waals surface area contributed by atoms with E-state index in [1.807, 2.05) is 6.92 Å². The molecular weight excluding hydrogens is 501 g/mol. The fraction of sp³-hybridized carbons (Fsp3) is 0.391. The van der Waals surface area contributed by atoms with Gasteiger partial charge in [0.1, 0.15) is 17.7 Å². The van der Waals surface area contributed by atoms with Gasteiger partial charge in [0, 0.05) is 11.1 Å². The highest BCUT2D eigenvalue weighted by Crippen LogP contribution is 2.40. The molecule has 0 spiro atoms. The molecule has 1 atom stereocenters. The lowest BCUT2D eigenvalue weighted by atomic mass is 9.88. The van der Waals surface area contributed by atoms with Gasteiger partial charge in [-0.25, -0.2) is 17.6 Å². The van der Waals surface area contributed by atoms with Crippen LogP contribution in [0.5, 0.6) is 5.75 Å². The fourth-order valence-corrected chi connectivity index (χ4v) is 6.18. The van der Waals surface area contributed by atoms with Crippen LogP contribution in [-0.4, -0.2) is 44.7 Å². The van der Waals surface area contributed by atoms with Crippen molar-refractivity contribution in [3.8, 4) is 5.75 Å². The second kappa shape index (κ2) is 9.54. The van der Waals surface area contributed by atoms with Gasteiger partial charge >= 0.3 is 6.09 Å². The summed E-state index contributed by atoms with van der Waals surface area (Å²) in [6.45, 7) is 1.81. The Morgan fingerprint density at radius 1 is 1.23 bits per heavy atom. The highest BCUT2D eigenvalue weighted by Gasteiger charge is 2.38. The van der Waals surface area contributed by atoms with E-state index in [1.165, 1.54) is 18.2 Å². The number of carbonyl (C=O) groups is 2. The topological polar surface area (TPSA) is 125 Å². The van der Waals surface area contributed by atoms with Crippen molar-refractivity contribution >= 4 is 45.0 Å². The summed E-state index contributed by atoms with van der Waals surface area (Å²) in [7, 11) is -4.24. The lowest BCUT2D eigenvalue weighted by Gasteiger charge is -2.36. The highest BCUT2D eigenvalue weighted by molar-refractivity contribution is 7.92. The zero-order valence-corrected chi connectivity index (χ0v) is 20.5. The molecule has 2 aromatic rings. The summed E-state index contributed by atoms with van der Waals surface area (Å²) in [4.78, 5) is 23.6. The van der Waals surface area contributed by atoms with Gasteiger partial charge in [-0.05, 0) is 49.2 Å². The molecule has 4 rings (SSSR count). The Balaban J connectivity index is 1.65. The maximum absolute atomic E-state index is 13.7. The molecule has 12 heteroatoms. The summed E-state index contributed by atoms with van der Waals surface area (Å²) in [6, 6.07) is 7.29. The molecule has 1 heterocycles. The van der Waals surface area contributed by atoms with Crippen molar-refractivity contribution in [3.63, 3.8) is 0 Å². The number of hydrogen-bond donors (Lipinski definition) is 3. The van der Waals surface area contributed by atoms with Gasteiger partial charge in [-0.1, -0.05) is 31.4 Å². The van der Waals surface area contributed by atoms with Crippen LogP contribution in [0.2, 0.25) is 5.02 Å². The molecule has 2 aliphatic rings. The molecule has 1 unspecified atom stereocenters. The van der Waals surface area contributed by atoms with Crippen LogP contribution in [0, 0.1) is 11.2 Å². The SMILES string of the molecule is CC1(C(=O)NCC2CN(S(=O)(=O)c3ccc(F)c(Cl)c3)c3cc(NC(=O)O)ccc3O2)CCCC1. The molecule has 1 saturated carbocycles. The van der Waals surface area contributed by atoms with Crippen LogP contribution in [0.15, 0.2) is 41.3 Å². The molecule has 9 nitrogen and oxygen atoms in total. The van der Waals surface area contributed by atoms with Crippen molar-refractivity contribution in [2.45, 2.75) is 43.6 Å². The third-order valence-electron chi connectivity index (χ3n) is 6.37. The number of anilines is 2. The Morgan fingerprint density at radius 3 is 2.60 bits per heavy atom. The van der Waals surface area contributed by atoms with E-state index >= 15 is 0 Å². The maximum Gasteiger partial charge on any atom is 0.409 e. The summed E-state index contributed by atoms with van der Waals surface area (Å²) >= 11 is 5.82. The number of rotatable bonds is 6. The fourth-order valence-electron chi connectivity index (χ4n) is 4.41. The number of carboxylic acid groups (broad SMARTS) is 1. The van der Waals surface area contributed by atoms with Crippen LogP contribution >= 0.6 is 11.6 Å². The molecule has 2 amide bonds. The smallest absolute Gasteiger partial charge is 0.409 e. The lowest BCUT2D eigenvalue weighted by Crippen LogP contribution is -2.50. The minimum Gasteiger partial charge on any atom is -0.484 e. The standard InChI is InChI=1S/C23H25ClFN3O6S/c1-23(8-2-3-9-23)21(29)26-12-15-13-28(35(32,33)16-5-6-18(25)17(24)11-16)19-10-14(27-22(30)31)4-7-20(19)34-15/h4-7,10-11,15,27H,2-3,8-9,12-13H2,1H3,(H,26,29)(H,30,31). The van der Waals surface area contributed by atoms with Gasteiger partial charge in [0.25, 0.3) is 10.0 Å². The van der Waals surface area contributed by atoms with Crippen LogP contribution in [0.4, 0.5) is 20.6 Å². The van der Waals surface area contributed by atoms with Crippen LogP contribution in [-0.2, 0) is 14.8 Å². The van der Waals surface area contributed by atoms with Gasteiger partial charge in [-0.15, -0.1) is 0 Å². The zero-order chi connectivity index (χ0) is 25.4. The average Bonchev–Trinajstić information content (AvgIpc) is 3.26. The number of hydrogen-bond acceptors (Lipinski definition) is 5. The van der Waals surface area contributed by atoms with Gasteiger partial charge in [-0.3, -0.25) is 14.4 Å². The summed E-state index contributed by atoms with van der Waals surface area (Å²) in [5.74, 6) is -0.678. The van der Waals surface area contributed by atoms with E-state index in [-0.39, 0.29) is 46.0 Å². The summed E-state index contributed by atoms with van der Waals surface area (Å²) in [5.41, 5.74) is -0.222. The van der Waals surface area contributed by atoms with Crippen molar-refractivity contribution in [2.75, 3.05) is 22.7 Å². The molecule has 0 radical (unpaired) electrons. The van der Waals surface area contributed by atoms with Crippen LogP contribution < -0.4 is 19.7 Å². The number of benzene rings is 2. The van der Waals surface area contributed by atoms with E-state index in [4.69, 9.17) is 21.4 Å². The largest absolute Gasteiger partial charge is 0.484 e. The first-order valence-electron chi connectivity index (χ1n) is 11.1. The average molecular weight is 526 g/mol. The van der Waals surface area contributed by atoms with Crippen LogP contribution in [0.25, 0.3) is 0 Å². The first-order valence-corrected chi connectivity index (χ1v) is 12.9. The lowest BCUT2D eigenvalue weighted by molar-refractivity contribution is -0.130. The summed E-state index contributed by atoms with van der Waals surface area (Å²) in [6.07, 6.45) is 1.51. The van der Waals surface area contributed by atoms with E-state index in [1.54, 1.807) is 0 Å². The zero-order valence-electron chi connectivity index (χ0n) is 18.9. The number of nitrogens with zero attached hydrogens (tertiary/aromatic N) is 1. The minimum atomic E-state index is -4.24. The van der Waals surface area contributed by atoms with Crippen LogP contribution in [0.3, 0.4) is 0 Å². The number of ether oxygens (including phenoxy) is 1. The minimum absolute atomic E-state index is 0.0686. The third kappa shape index (κ3) is 5.15. The number of halogens is 2. The van der Waals surface area contributed by atoms with E-state index in [0.29, 0.717) is 0 Å². The van der Waals surface area contributed by atoms with Crippen molar-refractivity contribution in [1.29, 1.82) is 0 Å². The molecule has 188 valence electrons. The molecule has 0 aromatic heterocycles. The number of fused-ring (bicyclic) bond motifs is 1. The number of sulfonamides is 1. The molecular formula is C23H25ClFN3O6S. The number of amides is 2. The molecule has 3 N–H and O–H groups in total. The molecule has 0 bridgehead atoms. The predicted molar refractivity (Wildman–Crippen MR) is 128 cm³/mol. The molecule has 0 saturated heterocycles. The van der Waals surface area contributed by atoms with E-state index in [2.05, 4.69) is 10.6 Å². The molecule has 1 fully saturated rings. The molecule has 1 aliphatic heterocycles. The van der Waals surface area contributed by atoms with E-state index in [9.17, 15) is 22.4 Å². The predicted octanol–water partition coefficient (Wildman–Crippen LogP) is 4.22. The Hall–Kier alpha value is -3.05. The maximum atomic E-state index is 13.7. The van der Waals surface area contributed by atoms with E-state index < -0.39 is 33.5 Å². The Kier molecular flexibility index (Phi) is 6.83. The molecule has 35 heavy (non-hydrogen) atoms. The van der Waals surface area contributed by atoms with Gasteiger partial charge in [-0.2, -0.15) is 0 Å². The summed E-state index contributed by atoms with van der Waals surface area (Å²) in [5, 5.41) is 13.8. The molecule has 2 aromatic carbocycles. The van der Waals surface area contributed by atoms with Gasteiger partial charge in [0.05, 0.1) is 28.7 Å².